The van der Waals surface area contributed by atoms with Gasteiger partial charge in [0, 0.05) is 23.5 Å². The molecule has 0 aromatic heterocycles. The zero-order valence-electron chi connectivity index (χ0n) is 17.5. The predicted octanol–water partition coefficient (Wildman–Crippen LogP) is 4.00. The molecule has 2 unspecified atom stereocenters. The number of nitrogens with one attached hydrogen (secondary N) is 2. The van der Waals surface area contributed by atoms with Crippen LogP contribution in [0.5, 0.6) is 0 Å². The van der Waals surface area contributed by atoms with E-state index in [1.165, 1.54) is 25.3 Å². The summed E-state index contributed by atoms with van der Waals surface area (Å²) < 4.78 is 9.38. The second-order valence-corrected chi connectivity index (χ2v) is 7.22. The summed E-state index contributed by atoms with van der Waals surface area (Å²) in [6, 6.07) is 16.4. The Morgan fingerprint density at radius 1 is 0.724 bits per heavy atom. The first-order valence-electron chi connectivity index (χ1n) is 9.74. The highest BCUT2D eigenvalue weighted by Gasteiger charge is 2.10. The van der Waals surface area contributed by atoms with Crippen LogP contribution in [0.25, 0.3) is 0 Å². The largest absolute Gasteiger partial charge is 0.469 e. The Kier molecular flexibility index (Phi) is 8.52. The third-order valence-electron chi connectivity index (χ3n) is 4.54. The summed E-state index contributed by atoms with van der Waals surface area (Å²) in [4.78, 5) is 22.7. The Hall–Kier alpha value is -3.02. The number of esters is 2. The summed E-state index contributed by atoms with van der Waals surface area (Å²) in [5.41, 5.74) is 4.36. The van der Waals surface area contributed by atoms with Gasteiger partial charge in [0.2, 0.25) is 0 Å². The minimum atomic E-state index is -0.223. The van der Waals surface area contributed by atoms with Crippen molar-refractivity contribution in [2.24, 2.45) is 0 Å². The number of hydrogen-bond acceptors (Lipinski definition) is 6. The molecule has 6 nitrogen and oxygen atoms in total. The normalized spacial score (nSPS) is 12.6. The maximum Gasteiger partial charge on any atom is 0.307 e. The molecule has 0 bridgehead atoms. The molecular weight excluding hydrogens is 368 g/mol. The molecular formula is C23H30N2O4. The number of carbonyl (C=O) groups is 2. The second-order valence-electron chi connectivity index (χ2n) is 7.22. The summed E-state index contributed by atoms with van der Waals surface area (Å²) in [6.07, 6.45) is 1.49. The zero-order chi connectivity index (χ0) is 21.2. The number of carbonyl (C=O) groups excluding carboxylic acids is 2. The summed E-state index contributed by atoms with van der Waals surface area (Å²) in [6.45, 7) is 3.90. The van der Waals surface area contributed by atoms with Crippen molar-refractivity contribution in [2.45, 2.75) is 45.2 Å². The van der Waals surface area contributed by atoms with Crippen LogP contribution in [0.3, 0.4) is 0 Å². The minimum Gasteiger partial charge on any atom is -0.469 e. The van der Waals surface area contributed by atoms with Crippen LogP contribution in [0.4, 0.5) is 11.4 Å². The van der Waals surface area contributed by atoms with E-state index in [1.807, 2.05) is 38.1 Å². The SMILES string of the molecule is COC(=O)CC(C)Nc1ccc(Cc2ccc(NC(C)CC(=O)OC)cc2)cc1. The van der Waals surface area contributed by atoms with E-state index < -0.39 is 0 Å². The van der Waals surface area contributed by atoms with Gasteiger partial charge in [-0.15, -0.1) is 0 Å². The van der Waals surface area contributed by atoms with Crippen molar-refractivity contribution in [2.75, 3.05) is 24.9 Å². The molecule has 2 aromatic carbocycles. The second kappa shape index (κ2) is 11.1. The first kappa shape index (κ1) is 22.3. The smallest absolute Gasteiger partial charge is 0.307 e. The molecule has 0 amide bonds. The molecule has 2 N–H and O–H groups in total. The van der Waals surface area contributed by atoms with Gasteiger partial charge in [-0.05, 0) is 55.7 Å². The molecule has 0 aliphatic heterocycles. The predicted molar refractivity (Wildman–Crippen MR) is 115 cm³/mol. The highest BCUT2D eigenvalue weighted by molar-refractivity contribution is 5.71. The Morgan fingerprint density at radius 3 is 1.38 bits per heavy atom. The molecule has 0 aliphatic carbocycles. The maximum atomic E-state index is 11.3. The fourth-order valence-electron chi connectivity index (χ4n) is 3.01. The van der Waals surface area contributed by atoms with Crippen molar-refractivity contribution in [3.05, 3.63) is 59.7 Å². The van der Waals surface area contributed by atoms with E-state index >= 15 is 0 Å². The first-order valence-corrected chi connectivity index (χ1v) is 9.74. The van der Waals surface area contributed by atoms with Crippen LogP contribution in [0.2, 0.25) is 0 Å². The molecule has 0 spiro atoms. The monoisotopic (exact) mass is 398 g/mol. The van der Waals surface area contributed by atoms with Crippen LogP contribution < -0.4 is 10.6 Å². The van der Waals surface area contributed by atoms with Crippen molar-refractivity contribution < 1.29 is 19.1 Å². The Labute approximate surface area is 172 Å². The summed E-state index contributed by atoms with van der Waals surface area (Å²) in [7, 11) is 2.80. The molecule has 0 fully saturated rings. The van der Waals surface area contributed by atoms with Crippen LogP contribution in [0, 0.1) is 0 Å². The van der Waals surface area contributed by atoms with Crippen LogP contribution >= 0.6 is 0 Å². The van der Waals surface area contributed by atoms with Crippen molar-refractivity contribution in [3.63, 3.8) is 0 Å². The Balaban J connectivity index is 1.86. The quantitative estimate of drug-likeness (QED) is 0.589. The maximum absolute atomic E-state index is 11.3. The average molecular weight is 399 g/mol. The van der Waals surface area contributed by atoms with Crippen molar-refractivity contribution in [1.29, 1.82) is 0 Å². The highest BCUT2D eigenvalue weighted by atomic mass is 16.5. The molecule has 2 rings (SSSR count). The summed E-state index contributed by atoms with van der Waals surface area (Å²) in [5.74, 6) is -0.446. The van der Waals surface area contributed by atoms with E-state index in [9.17, 15) is 9.59 Å². The zero-order valence-corrected chi connectivity index (χ0v) is 17.5. The van der Waals surface area contributed by atoms with Gasteiger partial charge in [-0.25, -0.2) is 0 Å². The van der Waals surface area contributed by atoms with Gasteiger partial charge in [0.1, 0.15) is 0 Å². The molecule has 6 heteroatoms. The van der Waals surface area contributed by atoms with Gasteiger partial charge in [-0.3, -0.25) is 9.59 Å². The van der Waals surface area contributed by atoms with Gasteiger partial charge in [-0.2, -0.15) is 0 Å². The number of ether oxygens (including phenoxy) is 2. The lowest BCUT2D eigenvalue weighted by Gasteiger charge is -2.15. The van der Waals surface area contributed by atoms with E-state index in [1.54, 1.807) is 0 Å². The third kappa shape index (κ3) is 7.86. The Morgan fingerprint density at radius 2 is 1.07 bits per heavy atom. The number of benzene rings is 2. The van der Waals surface area contributed by atoms with Crippen LogP contribution in [0.1, 0.15) is 37.8 Å². The molecule has 0 saturated carbocycles. The average Bonchev–Trinajstić information content (AvgIpc) is 2.70. The van der Waals surface area contributed by atoms with Crippen molar-refractivity contribution in [3.8, 4) is 0 Å². The number of anilines is 2. The van der Waals surface area contributed by atoms with E-state index in [-0.39, 0.29) is 24.0 Å². The topological polar surface area (TPSA) is 76.7 Å². The van der Waals surface area contributed by atoms with E-state index in [0.29, 0.717) is 12.8 Å². The van der Waals surface area contributed by atoms with Crippen molar-refractivity contribution in [1.82, 2.24) is 0 Å². The van der Waals surface area contributed by atoms with Crippen LogP contribution in [-0.2, 0) is 25.5 Å². The van der Waals surface area contributed by atoms with Crippen LogP contribution in [-0.4, -0.2) is 38.2 Å². The first-order chi connectivity index (χ1) is 13.9. The number of hydrogen-bond donors (Lipinski definition) is 2. The summed E-state index contributed by atoms with van der Waals surface area (Å²) >= 11 is 0. The standard InChI is InChI=1S/C23H30N2O4/c1-16(13-22(26)28-3)24-20-9-5-18(6-10-20)15-19-7-11-21(12-8-19)25-17(2)14-23(27)29-4/h5-12,16-17,24-25H,13-15H2,1-4H3. The molecule has 0 heterocycles. The van der Waals surface area contributed by atoms with E-state index in [2.05, 4.69) is 34.9 Å². The van der Waals surface area contributed by atoms with Gasteiger partial charge in [0.15, 0.2) is 0 Å². The number of methoxy groups -OCH3 is 2. The lowest BCUT2D eigenvalue weighted by molar-refractivity contribution is -0.141. The Bertz CT molecular complexity index is 720. The fourth-order valence-corrected chi connectivity index (χ4v) is 3.01. The van der Waals surface area contributed by atoms with Gasteiger partial charge in [0.25, 0.3) is 0 Å². The molecule has 0 saturated heterocycles. The lowest BCUT2D eigenvalue weighted by Crippen LogP contribution is -2.20. The van der Waals surface area contributed by atoms with Crippen LogP contribution in [0.15, 0.2) is 48.5 Å². The molecule has 0 radical (unpaired) electrons. The molecule has 2 aromatic rings. The van der Waals surface area contributed by atoms with Crippen molar-refractivity contribution >= 4 is 23.3 Å². The molecule has 156 valence electrons. The molecule has 29 heavy (non-hydrogen) atoms. The highest BCUT2D eigenvalue weighted by Crippen LogP contribution is 2.17. The molecule has 2 atom stereocenters. The number of rotatable bonds is 10. The van der Waals surface area contributed by atoms with Gasteiger partial charge < -0.3 is 20.1 Å². The lowest BCUT2D eigenvalue weighted by atomic mass is 10.0. The third-order valence-corrected chi connectivity index (χ3v) is 4.54. The summed E-state index contributed by atoms with van der Waals surface area (Å²) in [5, 5.41) is 6.60. The fraction of sp³-hybridized carbons (Fsp3) is 0.391. The van der Waals surface area contributed by atoms with E-state index in [0.717, 1.165) is 17.8 Å². The molecule has 0 aliphatic rings. The van der Waals surface area contributed by atoms with Gasteiger partial charge in [0.05, 0.1) is 27.1 Å². The minimum absolute atomic E-state index is 0.00918. The van der Waals surface area contributed by atoms with Gasteiger partial charge in [-0.1, -0.05) is 24.3 Å². The van der Waals surface area contributed by atoms with Gasteiger partial charge >= 0.3 is 11.9 Å². The van der Waals surface area contributed by atoms with E-state index in [4.69, 9.17) is 9.47 Å².